The molecule has 6 nitrogen and oxygen atoms in total. The fraction of sp³-hybridized carbons (Fsp3) is 0.476. The van der Waals surface area contributed by atoms with Crippen molar-refractivity contribution in [2.45, 2.75) is 37.6 Å². The van der Waals surface area contributed by atoms with Crippen molar-refractivity contribution < 1.29 is 14.3 Å². The summed E-state index contributed by atoms with van der Waals surface area (Å²) in [7, 11) is 3.33. The van der Waals surface area contributed by atoms with Crippen molar-refractivity contribution in [2.75, 3.05) is 32.2 Å². The Kier molecular flexibility index (Phi) is 4.97. The minimum atomic E-state index is 0.0552. The van der Waals surface area contributed by atoms with Crippen molar-refractivity contribution in [1.82, 2.24) is 10.3 Å². The minimum absolute atomic E-state index is 0.0552. The number of benzene rings is 1. The first-order valence-electron chi connectivity index (χ1n) is 9.64. The van der Waals surface area contributed by atoms with E-state index in [1.807, 2.05) is 30.5 Å². The Morgan fingerprint density at radius 1 is 1.07 bits per heavy atom. The van der Waals surface area contributed by atoms with Crippen molar-refractivity contribution in [3.63, 3.8) is 0 Å². The lowest BCUT2D eigenvalue weighted by molar-refractivity contribution is 0.0930. The number of anilines is 1. The van der Waals surface area contributed by atoms with Crippen LogP contribution in [0.25, 0.3) is 0 Å². The largest absolute Gasteiger partial charge is 0.497 e. The molecule has 2 heterocycles. The number of aromatic amines is 1. The van der Waals surface area contributed by atoms with Gasteiger partial charge < -0.3 is 24.7 Å². The number of nitrogens with zero attached hydrogens (tertiary/aromatic N) is 1. The van der Waals surface area contributed by atoms with Gasteiger partial charge in [-0.2, -0.15) is 0 Å². The summed E-state index contributed by atoms with van der Waals surface area (Å²) in [5, 5.41) is 3.23. The van der Waals surface area contributed by atoms with Gasteiger partial charge in [0, 0.05) is 54.9 Å². The highest BCUT2D eigenvalue weighted by Crippen LogP contribution is 2.40. The van der Waals surface area contributed by atoms with E-state index in [4.69, 9.17) is 9.47 Å². The number of aromatic nitrogens is 1. The lowest BCUT2D eigenvalue weighted by Gasteiger charge is -2.34. The summed E-state index contributed by atoms with van der Waals surface area (Å²) < 4.78 is 10.7. The molecule has 2 N–H and O–H groups in total. The van der Waals surface area contributed by atoms with Crippen LogP contribution in [0.4, 0.5) is 5.69 Å². The maximum absolute atomic E-state index is 12.7. The number of nitrogens with one attached hydrogen (secondary N) is 2. The second kappa shape index (κ2) is 7.55. The van der Waals surface area contributed by atoms with Gasteiger partial charge in [0.2, 0.25) is 0 Å². The molecule has 27 heavy (non-hydrogen) atoms. The number of hydrogen-bond donors (Lipinski definition) is 2. The van der Waals surface area contributed by atoms with Crippen LogP contribution in [0, 0.1) is 0 Å². The van der Waals surface area contributed by atoms with Gasteiger partial charge in [0.15, 0.2) is 0 Å². The van der Waals surface area contributed by atoms with Gasteiger partial charge in [-0.3, -0.25) is 4.79 Å². The molecule has 1 aliphatic heterocycles. The van der Waals surface area contributed by atoms with Crippen molar-refractivity contribution in [1.29, 1.82) is 0 Å². The molecular weight excluding hydrogens is 342 g/mol. The molecule has 0 spiro atoms. The minimum Gasteiger partial charge on any atom is -0.497 e. The Labute approximate surface area is 159 Å². The number of ether oxygens (including phenoxy) is 2. The average molecular weight is 369 g/mol. The molecule has 1 saturated carbocycles. The van der Waals surface area contributed by atoms with E-state index in [1.54, 1.807) is 14.2 Å². The van der Waals surface area contributed by atoms with Crippen LogP contribution in [-0.2, 0) is 0 Å². The van der Waals surface area contributed by atoms with Crippen molar-refractivity contribution in [3.05, 3.63) is 41.7 Å². The van der Waals surface area contributed by atoms with Gasteiger partial charge in [0.25, 0.3) is 5.91 Å². The van der Waals surface area contributed by atoms with Crippen LogP contribution in [0.15, 0.2) is 30.5 Å². The summed E-state index contributed by atoms with van der Waals surface area (Å²) in [6.07, 6.45) is 6.09. The van der Waals surface area contributed by atoms with E-state index in [0.717, 1.165) is 54.4 Å². The smallest absolute Gasteiger partial charge is 0.253 e. The van der Waals surface area contributed by atoms with Gasteiger partial charge in [0.1, 0.15) is 11.5 Å². The Balaban J connectivity index is 1.36. The summed E-state index contributed by atoms with van der Waals surface area (Å²) in [5.74, 6) is 2.19. The summed E-state index contributed by atoms with van der Waals surface area (Å²) >= 11 is 0. The number of H-pyrrole nitrogens is 1. The maximum atomic E-state index is 12.7. The fourth-order valence-corrected chi connectivity index (χ4v) is 3.81. The SMILES string of the molecule is COc1cc(OC)cc(N2CCC(NC(=O)c3cc[nH]c3C3CC3)CC2)c1. The second-order valence-electron chi connectivity index (χ2n) is 7.38. The molecule has 2 fully saturated rings. The third-order valence-corrected chi connectivity index (χ3v) is 5.54. The van der Waals surface area contributed by atoms with Crippen LogP contribution in [0.3, 0.4) is 0 Å². The normalized spacial score (nSPS) is 17.6. The number of piperidine rings is 1. The van der Waals surface area contributed by atoms with E-state index in [9.17, 15) is 4.79 Å². The molecule has 0 bridgehead atoms. The third-order valence-electron chi connectivity index (χ3n) is 5.54. The number of hydrogen-bond acceptors (Lipinski definition) is 4. The van der Waals surface area contributed by atoms with Crippen LogP contribution >= 0.6 is 0 Å². The molecule has 1 amide bonds. The summed E-state index contributed by atoms with van der Waals surface area (Å²) in [6.45, 7) is 1.79. The quantitative estimate of drug-likeness (QED) is 0.820. The van der Waals surface area contributed by atoms with E-state index in [0.29, 0.717) is 5.92 Å². The molecule has 1 aliphatic carbocycles. The van der Waals surface area contributed by atoms with E-state index >= 15 is 0 Å². The maximum Gasteiger partial charge on any atom is 0.253 e. The van der Waals surface area contributed by atoms with E-state index in [-0.39, 0.29) is 11.9 Å². The molecule has 4 rings (SSSR count). The lowest BCUT2D eigenvalue weighted by Crippen LogP contribution is -2.44. The van der Waals surface area contributed by atoms with Gasteiger partial charge >= 0.3 is 0 Å². The number of carbonyl (C=O) groups is 1. The zero-order chi connectivity index (χ0) is 18.8. The van der Waals surface area contributed by atoms with Gasteiger partial charge in [-0.25, -0.2) is 0 Å². The third kappa shape index (κ3) is 3.89. The second-order valence-corrected chi connectivity index (χ2v) is 7.38. The fourth-order valence-electron chi connectivity index (χ4n) is 3.81. The van der Waals surface area contributed by atoms with Crippen molar-refractivity contribution in [2.24, 2.45) is 0 Å². The first-order valence-corrected chi connectivity index (χ1v) is 9.64. The highest BCUT2D eigenvalue weighted by Gasteiger charge is 2.30. The topological polar surface area (TPSA) is 66.6 Å². The molecular formula is C21H27N3O3. The molecule has 1 aromatic carbocycles. The van der Waals surface area contributed by atoms with E-state index in [1.165, 1.54) is 12.8 Å². The molecule has 2 aliphatic rings. The van der Waals surface area contributed by atoms with Crippen LogP contribution in [0.2, 0.25) is 0 Å². The Bertz CT molecular complexity index is 783. The molecule has 0 atom stereocenters. The monoisotopic (exact) mass is 369 g/mol. The van der Waals surface area contributed by atoms with E-state index < -0.39 is 0 Å². The first-order chi connectivity index (χ1) is 13.2. The van der Waals surface area contributed by atoms with Gasteiger partial charge in [0.05, 0.1) is 19.8 Å². The molecule has 1 aromatic heterocycles. The molecule has 0 unspecified atom stereocenters. The van der Waals surface area contributed by atoms with Crippen molar-refractivity contribution >= 4 is 11.6 Å². The summed E-state index contributed by atoms with van der Waals surface area (Å²) in [4.78, 5) is 18.2. The van der Waals surface area contributed by atoms with Crippen LogP contribution < -0.4 is 19.7 Å². The van der Waals surface area contributed by atoms with Gasteiger partial charge in [-0.15, -0.1) is 0 Å². The molecule has 6 heteroatoms. The summed E-state index contributed by atoms with van der Waals surface area (Å²) in [6, 6.07) is 8.06. The van der Waals surface area contributed by atoms with Crippen LogP contribution in [-0.4, -0.2) is 44.2 Å². The number of amides is 1. The number of rotatable bonds is 6. The predicted molar refractivity (Wildman–Crippen MR) is 105 cm³/mol. The zero-order valence-corrected chi connectivity index (χ0v) is 16.0. The molecule has 144 valence electrons. The van der Waals surface area contributed by atoms with Gasteiger partial charge in [-0.1, -0.05) is 0 Å². The number of methoxy groups -OCH3 is 2. The van der Waals surface area contributed by atoms with Crippen molar-refractivity contribution in [3.8, 4) is 11.5 Å². The van der Waals surface area contributed by atoms with Gasteiger partial charge in [-0.05, 0) is 37.7 Å². The summed E-state index contributed by atoms with van der Waals surface area (Å²) in [5.41, 5.74) is 3.02. The number of carbonyl (C=O) groups excluding carboxylic acids is 1. The predicted octanol–water partition coefficient (Wildman–Crippen LogP) is 3.31. The van der Waals surface area contributed by atoms with E-state index in [2.05, 4.69) is 15.2 Å². The first kappa shape index (κ1) is 17.8. The molecule has 2 aromatic rings. The highest BCUT2D eigenvalue weighted by atomic mass is 16.5. The Hall–Kier alpha value is -2.63. The van der Waals surface area contributed by atoms with Crippen LogP contribution in [0.5, 0.6) is 11.5 Å². The standard InChI is InChI=1S/C21H27N3O3/c1-26-17-11-16(12-18(13-17)27-2)24-9-6-15(7-10-24)23-21(25)19-5-8-22-20(19)14-3-4-14/h5,8,11-15,22H,3-4,6-7,9-10H2,1-2H3,(H,23,25). The lowest BCUT2D eigenvalue weighted by atomic mass is 10.0. The van der Waals surface area contributed by atoms with Crippen LogP contribution in [0.1, 0.15) is 47.7 Å². The average Bonchev–Trinajstić information content (AvgIpc) is 3.44. The zero-order valence-electron chi connectivity index (χ0n) is 16.0. The highest BCUT2D eigenvalue weighted by molar-refractivity contribution is 5.96. The Morgan fingerprint density at radius 3 is 2.33 bits per heavy atom. The molecule has 1 saturated heterocycles. The Morgan fingerprint density at radius 2 is 1.74 bits per heavy atom. The molecule has 0 radical (unpaired) electrons.